The second-order valence-corrected chi connectivity index (χ2v) is 6.24. The second kappa shape index (κ2) is 9.88. The first-order valence-corrected chi connectivity index (χ1v) is 9.17. The molecule has 28 heavy (non-hydrogen) atoms. The van der Waals surface area contributed by atoms with Crippen LogP contribution in [0.25, 0.3) is 17.2 Å². The Kier molecular flexibility index (Phi) is 6.74. The molecule has 0 saturated heterocycles. The molecule has 2 amide bonds. The molecule has 0 radical (unpaired) electrons. The maximum absolute atomic E-state index is 12.3. The largest absolute Gasteiger partial charge is 0.352 e. The first-order chi connectivity index (χ1) is 13.7. The predicted octanol–water partition coefficient (Wildman–Crippen LogP) is 4.51. The number of para-hydroxylation sites is 1. The molecule has 0 aliphatic heterocycles. The quantitative estimate of drug-likeness (QED) is 0.601. The molecule has 0 heterocycles. The van der Waals surface area contributed by atoms with Gasteiger partial charge in [0.1, 0.15) is 0 Å². The molecule has 3 aromatic carbocycles. The number of anilines is 1. The van der Waals surface area contributed by atoms with Crippen LogP contribution in [0.3, 0.4) is 0 Å². The molecule has 3 aromatic rings. The van der Waals surface area contributed by atoms with Crippen LogP contribution in [0.5, 0.6) is 0 Å². The summed E-state index contributed by atoms with van der Waals surface area (Å²) in [5.74, 6) is -0.364. The summed E-state index contributed by atoms with van der Waals surface area (Å²) in [7, 11) is 0. The summed E-state index contributed by atoms with van der Waals surface area (Å²) in [5, 5.41) is 5.66. The predicted molar refractivity (Wildman–Crippen MR) is 114 cm³/mol. The van der Waals surface area contributed by atoms with Gasteiger partial charge in [-0.25, -0.2) is 0 Å². The van der Waals surface area contributed by atoms with Gasteiger partial charge in [-0.15, -0.1) is 0 Å². The Morgan fingerprint density at radius 1 is 0.786 bits per heavy atom. The van der Waals surface area contributed by atoms with Gasteiger partial charge in [0.25, 0.3) is 0 Å². The van der Waals surface area contributed by atoms with Crippen molar-refractivity contribution in [2.45, 2.75) is 6.42 Å². The van der Waals surface area contributed by atoms with Crippen LogP contribution >= 0.6 is 0 Å². The standard InChI is InChI=1S/C24H22N2O2/c27-23(16-15-19-9-3-1-4-10-19)25-18-17-24(28)26-22-14-8-7-13-21(22)20-11-5-2-6-12-20/h1-16H,17-18H2,(H,25,27)(H,26,28). The SMILES string of the molecule is O=C(C=Cc1ccccc1)NCCC(=O)Nc1ccccc1-c1ccccc1. The van der Waals surface area contributed by atoms with Crippen LogP contribution in [-0.2, 0) is 9.59 Å². The van der Waals surface area contributed by atoms with E-state index in [1.54, 1.807) is 6.08 Å². The molecule has 0 bridgehead atoms. The minimum absolute atomic E-state index is 0.143. The Hall–Kier alpha value is -3.66. The van der Waals surface area contributed by atoms with E-state index in [0.29, 0.717) is 0 Å². The summed E-state index contributed by atoms with van der Waals surface area (Å²) in [4.78, 5) is 24.1. The molecule has 0 aromatic heterocycles. The van der Waals surface area contributed by atoms with Gasteiger partial charge in [0, 0.05) is 30.3 Å². The van der Waals surface area contributed by atoms with Crippen molar-refractivity contribution in [2.24, 2.45) is 0 Å². The number of rotatable bonds is 7. The first kappa shape index (κ1) is 19.1. The maximum Gasteiger partial charge on any atom is 0.244 e. The zero-order valence-electron chi connectivity index (χ0n) is 15.5. The van der Waals surface area contributed by atoms with Gasteiger partial charge in [-0.05, 0) is 23.3 Å². The Balaban J connectivity index is 1.50. The summed E-state index contributed by atoms with van der Waals surface area (Å²) < 4.78 is 0. The summed E-state index contributed by atoms with van der Waals surface area (Å²) >= 11 is 0. The fourth-order valence-corrected chi connectivity index (χ4v) is 2.77. The van der Waals surface area contributed by atoms with Crippen LogP contribution in [0.1, 0.15) is 12.0 Å². The zero-order valence-corrected chi connectivity index (χ0v) is 15.5. The number of hydrogen-bond donors (Lipinski definition) is 2. The molecule has 0 fully saturated rings. The number of benzene rings is 3. The van der Waals surface area contributed by atoms with Gasteiger partial charge in [-0.2, -0.15) is 0 Å². The van der Waals surface area contributed by atoms with Crippen molar-refractivity contribution in [1.82, 2.24) is 5.32 Å². The van der Waals surface area contributed by atoms with Crippen LogP contribution in [0.4, 0.5) is 5.69 Å². The minimum Gasteiger partial charge on any atom is -0.352 e. The monoisotopic (exact) mass is 370 g/mol. The van der Waals surface area contributed by atoms with Crippen molar-refractivity contribution in [3.63, 3.8) is 0 Å². The van der Waals surface area contributed by atoms with E-state index in [1.807, 2.05) is 84.9 Å². The molecule has 3 rings (SSSR count). The van der Waals surface area contributed by atoms with Crippen LogP contribution in [0, 0.1) is 0 Å². The van der Waals surface area contributed by atoms with Crippen molar-refractivity contribution in [3.8, 4) is 11.1 Å². The van der Waals surface area contributed by atoms with Crippen LogP contribution in [0.2, 0.25) is 0 Å². The molecule has 0 unspecified atom stereocenters. The summed E-state index contributed by atoms with van der Waals surface area (Å²) in [5.41, 5.74) is 3.71. The van der Waals surface area contributed by atoms with E-state index in [0.717, 1.165) is 22.4 Å². The Labute approximate surface area is 164 Å². The normalized spacial score (nSPS) is 10.6. The summed E-state index contributed by atoms with van der Waals surface area (Å²) in [6.07, 6.45) is 3.41. The third kappa shape index (κ3) is 5.68. The van der Waals surface area contributed by atoms with Crippen molar-refractivity contribution in [1.29, 1.82) is 0 Å². The number of carbonyl (C=O) groups excluding carboxylic acids is 2. The van der Waals surface area contributed by atoms with Gasteiger partial charge in [0.15, 0.2) is 0 Å². The van der Waals surface area contributed by atoms with E-state index < -0.39 is 0 Å². The average molecular weight is 370 g/mol. The molecule has 2 N–H and O–H groups in total. The van der Waals surface area contributed by atoms with Gasteiger partial charge < -0.3 is 10.6 Å². The highest BCUT2D eigenvalue weighted by atomic mass is 16.2. The van der Waals surface area contributed by atoms with Gasteiger partial charge in [-0.1, -0.05) is 78.9 Å². The molecule has 140 valence electrons. The van der Waals surface area contributed by atoms with Crippen molar-refractivity contribution >= 4 is 23.6 Å². The fourth-order valence-electron chi connectivity index (χ4n) is 2.77. The molecule has 0 atom stereocenters. The number of nitrogens with one attached hydrogen (secondary N) is 2. The van der Waals surface area contributed by atoms with Crippen LogP contribution in [-0.4, -0.2) is 18.4 Å². The average Bonchev–Trinajstić information content (AvgIpc) is 2.74. The topological polar surface area (TPSA) is 58.2 Å². The van der Waals surface area contributed by atoms with Crippen molar-refractivity contribution in [3.05, 3.63) is 96.6 Å². The molecular formula is C24H22N2O2. The van der Waals surface area contributed by atoms with E-state index in [9.17, 15) is 9.59 Å². The summed E-state index contributed by atoms with van der Waals surface area (Å²) in [6.45, 7) is 0.275. The lowest BCUT2D eigenvalue weighted by molar-refractivity contribution is -0.117. The Bertz CT molecular complexity index is 951. The molecule has 4 nitrogen and oxygen atoms in total. The second-order valence-electron chi connectivity index (χ2n) is 6.24. The van der Waals surface area contributed by atoms with Gasteiger partial charge >= 0.3 is 0 Å². The number of carbonyl (C=O) groups is 2. The van der Waals surface area contributed by atoms with Crippen LogP contribution in [0.15, 0.2) is 91.0 Å². The maximum atomic E-state index is 12.3. The Morgan fingerprint density at radius 3 is 2.18 bits per heavy atom. The number of hydrogen-bond acceptors (Lipinski definition) is 2. The lowest BCUT2D eigenvalue weighted by Gasteiger charge is -2.11. The Morgan fingerprint density at radius 2 is 1.43 bits per heavy atom. The van der Waals surface area contributed by atoms with Gasteiger partial charge in [0.2, 0.25) is 11.8 Å². The lowest BCUT2D eigenvalue weighted by Crippen LogP contribution is -2.26. The first-order valence-electron chi connectivity index (χ1n) is 9.17. The smallest absolute Gasteiger partial charge is 0.244 e. The highest BCUT2D eigenvalue weighted by Gasteiger charge is 2.08. The molecule has 4 heteroatoms. The third-order valence-electron chi connectivity index (χ3n) is 4.16. The van der Waals surface area contributed by atoms with E-state index in [1.165, 1.54) is 6.08 Å². The van der Waals surface area contributed by atoms with E-state index in [2.05, 4.69) is 10.6 Å². The van der Waals surface area contributed by atoms with Crippen LogP contribution < -0.4 is 10.6 Å². The fraction of sp³-hybridized carbons (Fsp3) is 0.0833. The molecule has 0 spiro atoms. The molecular weight excluding hydrogens is 348 g/mol. The lowest BCUT2D eigenvalue weighted by atomic mass is 10.0. The van der Waals surface area contributed by atoms with Gasteiger partial charge in [0.05, 0.1) is 0 Å². The van der Waals surface area contributed by atoms with E-state index in [4.69, 9.17) is 0 Å². The third-order valence-corrected chi connectivity index (χ3v) is 4.16. The van der Waals surface area contributed by atoms with Crippen molar-refractivity contribution in [2.75, 3.05) is 11.9 Å². The van der Waals surface area contributed by atoms with Gasteiger partial charge in [-0.3, -0.25) is 9.59 Å². The zero-order chi connectivity index (χ0) is 19.6. The molecule has 0 aliphatic carbocycles. The van der Waals surface area contributed by atoms with Crippen molar-refractivity contribution < 1.29 is 9.59 Å². The summed E-state index contributed by atoms with van der Waals surface area (Å²) in [6, 6.07) is 27.2. The number of amides is 2. The highest BCUT2D eigenvalue weighted by Crippen LogP contribution is 2.27. The van der Waals surface area contributed by atoms with E-state index in [-0.39, 0.29) is 24.8 Å². The molecule has 0 saturated carbocycles. The van der Waals surface area contributed by atoms with E-state index >= 15 is 0 Å². The molecule has 0 aliphatic rings. The highest BCUT2D eigenvalue weighted by molar-refractivity contribution is 5.96. The minimum atomic E-state index is -0.221.